The first kappa shape index (κ1) is 21.3. The van der Waals surface area contributed by atoms with Gasteiger partial charge in [-0.3, -0.25) is 4.79 Å². The van der Waals surface area contributed by atoms with E-state index in [4.69, 9.17) is 8.85 Å². The summed E-state index contributed by atoms with van der Waals surface area (Å²) in [4.78, 5) is 13.0. The number of aryl methyl sites for hydroxylation is 1. The van der Waals surface area contributed by atoms with Crippen molar-refractivity contribution < 1.29 is 13.6 Å². The fourth-order valence-electron chi connectivity index (χ4n) is 6.35. The Balaban J connectivity index is 1.64. The first-order valence-electron chi connectivity index (χ1n) is 11.4. The Morgan fingerprint density at radius 1 is 1.03 bits per heavy atom. The number of hydrogen-bond acceptors (Lipinski definition) is 3. The van der Waals surface area contributed by atoms with Crippen molar-refractivity contribution in [3.8, 4) is 5.75 Å². The van der Waals surface area contributed by atoms with E-state index in [1.54, 1.807) is 0 Å². The minimum Gasteiger partial charge on any atom is -0.544 e. The van der Waals surface area contributed by atoms with Crippen molar-refractivity contribution in [3.63, 3.8) is 0 Å². The van der Waals surface area contributed by atoms with E-state index >= 15 is 0 Å². The summed E-state index contributed by atoms with van der Waals surface area (Å²) < 4.78 is 12.9. The van der Waals surface area contributed by atoms with Gasteiger partial charge in [0.2, 0.25) is 8.32 Å². The second-order valence-corrected chi connectivity index (χ2v) is 20.7. The SMILES string of the molecule is C[C@]12CC[C@@H]3c4ccc(O[Si](C)(C)C)cc4CC[C@H]3[C@@H]1[C@H](O[Si](C)(C)C)CC2=O. The van der Waals surface area contributed by atoms with Crippen molar-refractivity contribution in [1.82, 2.24) is 0 Å². The summed E-state index contributed by atoms with van der Waals surface area (Å²) in [5.41, 5.74) is 2.80. The van der Waals surface area contributed by atoms with Gasteiger partial charge in [-0.1, -0.05) is 13.0 Å². The summed E-state index contributed by atoms with van der Waals surface area (Å²) in [5, 5.41) is 0. The molecular formula is C24H38O3Si2. The molecule has 3 nitrogen and oxygen atoms in total. The van der Waals surface area contributed by atoms with E-state index in [2.05, 4.69) is 64.4 Å². The van der Waals surface area contributed by atoms with E-state index < -0.39 is 16.6 Å². The summed E-state index contributed by atoms with van der Waals surface area (Å²) in [7, 11) is -3.28. The average molecular weight is 431 g/mol. The van der Waals surface area contributed by atoms with Gasteiger partial charge >= 0.3 is 0 Å². The molecular weight excluding hydrogens is 392 g/mol. The molecule has 0 N–H and O–H groups in total. The lowest BCUT2D eigenvalue weighted by Gasteiger charge is -2.50. The molecule has 0 aromatic heterocycles. The Hall–Kier alpha value is -0.916. The van der Waals surface area contributed by atoms with Crippen LogP contribution in [0.5, 0.6) is 5.75 Å². The number of rotatable bonds is 4. The predicted octanol–water partition coefficient (Wildman–Crippen LogP) is 6.16. The highest BCUT2D eigenvalue weighted by Crippen LogP contribution is 2.60. The van der Waals surface area contributed by atoms with E-state index in [0.717, 1.165) is 25.0 Å². The van der Waals surface area contributed by atoms with Gasteiger partial charge in [0.1, 0.15) is 11.5 Å². The minimum atomic E-state index is -1.68. The van der Waals surface area contributed by atoms with Crippen LogP contribution in [0.3, 0.4) is 0 Å². The van der Waals surface area contributed by atoms with Gasteiger partial charge in [0, 0.05) is 11.8 Å². The third kappa shape index (κ3) is 4.02. The van der Waals surface area contributed by atoms with Gasteiger partial charge in [-0.15, -0.1) is 0 Å². The van der Waals surface area contributed by atoms with Gasteiger partial charge in [0.15, 0.2) is 8.32 Å². The maximum absolute atomic E-state index is 13.0. The number of ketones is 1. The van der Waals surface area contributed by atoms with Crippen molar-refractivity contribution in [1.29, 1.82) is 0 Å². The van der Waals surface area contributed by atoms with Crippen LogP contribution in [0.2, 0.25) is 39.3 Å². The van der Waals surface area contributed by atoms with Crippen molar-refractivity contribution >= 4 is 22.4 Å². The van der Waals surface area contributed by atoms with Crippen LogP contribution in [-0.2, 0) is 15.6 Å². The number of benzene rings is 1. The van der Waals surface area contributed by atoms with Crippen LogP contribution in [0.1, 0.15) is 49.7 Å². The highest BCUT2D eigenvalue weighted by Gasteiger charge is 2.59. The lowest BCUT2D eigenvalue weighted by atomic mass is 9.55. The molecule has 0 saturated heterocycles. The summed E-state index contributed by atoms with van der Waals surface area (Å²) in [6.45, 7) is 15.7. The van der Waals surface area contributed by atoms with Crippen molar-refractivity contribution in [2.45, 2.75) is 90.3 Å². The molecule has 5 heteroatoms. The number of hydrogen-bond donors (Lipinski definition) is 0. The van der Waals surface area contributed by atoms with E-state index in [0.29, 0.717) is 30.0 Å². The standard InChI is InChI=1S/C24H38O3Si2/c1-24-13-12-19-18-11-9-17(26-28(2,3)4)14-16(18)8-10-20(19)23(24)21(15-22(24)25)27-29(5,6)7/h9,11,14,19-21,23H,8,10,12-13,15H2,1-7H3/t19-,20-,21-,23-,24-/m1/s1. The number of fused-ring (bicyclic) bond motifs is 5. The predicted molar refractivity (Wildman–Crippen MR) is 124 cm³/mol. The Morgan fingerprint density at radius 2 is 1.76 bits per heavy atom. The Kier molecular flexibility index (Phi) is 5.19. The Bertz CT molecular complexity index is 807. The molecule has 29 heavy (non-hydrogen) atoms. The Morgan fingerprint density at radius 3 is 2.41 bits per heavy atom. The third-order valence-corrected chi connectivity index (χ3v) is 9.16. The second kappa shape index (κ2) is 7.06. The van der Waals surface area contributed by atoms with Crippen molar-refractivity contribution in [2.24, 2.45) is 17.3 Å². The lowest BCUT2D eigenvalue weighted by Crippen LogP contribution is -2.47. The van der Waals surface area contributed by atoms with Crippen LogP contribution in [-0.4, -0.2) is 28.5 Å². The fraction of sp³-hybridized carbons (Fsp3) is 0.708. The first-order valence-corrected chi connectivity index (χ1v) is 18.2. The zero-order valence-corrected chi connectivity index (χ0v) is 21.3. The van der Waals surface area contributed by atoms with Crippen LogP contribution in [0.15, 0.2) is 18.2 Å². The van der Waals surface area contributed by atoms with Gasteiger partial charge < -0.3 is 8.85 Å². The lowest BCUT2D eigenvalue weighted by molar-refractivity contribution is -0.129. The molecule has 0 unspecified atom stereocenters. The van der Waals surface area contributed by atoms with E-state index in [9.17, 15) is 4.79 Å². The summed E-state index contributed by atoms with van der Waals surface area (Å²) in [6, 6.07) is 6.81. The van der Waals surface area contributed by atoms with E-state index in [1.165, 1.54) is 17.5 Å². The quantitative estimate of drug-likeness (QED) is 0.537. The maximum Gasteiger partial charge on any atom is 0.242 e. The van der Waals surface area contributed by atoms with E-state index in [-0.39, 0.29) is 11.5 Å². The highest BCUT2D eigenvalue weighted by atomic mass is 28.4. The number of Topliss-reactive ketones (excluding diaryl/α,β-unsaturated/α-hetero) is 1. The van der Waals surface area contributed by atoms with Gasteiger partial charge in [-0.2, -0.15) is 0 Å². The summed E-state index contributed by atoms with van der Waals surface area (Å²) in [6.07, 6.45) is 5.17. The minimum absolute atomic E-state index is 0.128. The van der Waals surface area contributed by atoms with Gasteiger partial charge in [-0.25, -0.2) is 0 Å². The monoisotopic (exact) mass is 430 g/mol. The molecule has 160 valence electrons. The zero-order chi connectivity index (χ0) is 21.2. The van der Waals surface area contributed by atoms with Crippen LogP contribution in [0.25, 0.3) is 0 Å². The van der Waals surface area contributed by atoms with Crippen LogP contribution < -0.4 is 4.43 Å². The summed E-state index contributed by atoms with van der Waals surface area (Å²) >= 11 is 0. The molecule has 3 aliphatic carbocycles. The first-order chi connectivity index (χ1) is 13.4. The van der Waals surface area contributed by atoms with Crippen molar-refractivity contribution in [2.75, 3.05) is 0 Å². The molecule has 2 fully saturated rings. The fourth-order valence-corrected chi connectivity index (χ4v) is 8.32. The second-order valence-electron chi connectivity index (χ2n) is 11.8. The largest absolute Gasteiger partial charge is 0.544 e. The van der Waals surface area contributed by atoms with Gasteiger partial charge in [0.25, 0.3) is 0 Å². The molecule has 0 bridgehead atoms. The number of carbonyl (C=O) groups is 1. The molecule has 0 spiro atoms. The van der Waals surface area contributed by atoms with Gasteiger partial charge in [0.05, 0.1) is 6.10 Å². The zero-order valence-electron chi connectivity index (χ0n) is 19.3. The average Bonchev–Trinajstić information content (AvgIpc) is 2.81. The molecule has 2 saturated carbocycles. The summed E-state index contributed by atoms with van der Waals surface area (Å²) in [5.74, 6) is 3.01. The topological polar surface area (TPSA) is 35.5 Å². The van der Waals surface area contributed by atoms with Gasteiger partial charge in [-0.05, 0) is 106 Å². The molecule has 0 aliphatic heterocycles. The van der Waals surface area contributed by atoms with Crippen LogP contribution >= 0.6 is 0 Å². The molecule has 4 rings (SSSR count). The number of carbonyl (C=O) groups excluding carboxylic acids is 1. The van der Waals surface area contributed by atoms with Crippen LogP contribution in [0, 0.1) is 17.3 Å². The molecule has 0 radical (unpaired) electrons. The highest BCUT2D eigenvalue weighted by molar-refractivity contribution is 6.70. The molecule has 1 aromatic carbocycles. The molecule has 0 amide bonds. The molecule has 1 aromatic rings. The molecule has 0 heterocycles. The Labute approximate surface area is 178 Å². The normalized spacial score (nSPS) is 34.4. The smallest absolute Gasteiger partial charge is 0.242 e. The van der Waals surface area contributed by atoms with Crippen molar-refractivity contribution in [3.05, 3.63) is 29.3 Å². The van der Waals surface area contributed by atoms with Crippen LogP contribution in [0.4, 0.5) is 0 Å². The molecule has 5 atom stereocenters. The van der Waals surface area contributed by atoms with E-state index in [1.807, 2.05) is 0 Å². The maximum atomic E-state index is 13.0. The third-order valence-electron chi connectivity index (χ3n) is 7.30. The molecule has 3 aliphatic rings.